The summed E-state index contributed by atoms with van der Waals surface area (Å²) < 4.78 is 23.3. The Morgan fingerprint density at radius 2 is 1.77 bits per heavy atom. The molecule has 8 heteroatoms. The quantitative estimate of drug-likeness (QED) is 0.647. The number of hydrogen-bond donors (Lipinski definition) is 2. The third-order valence-corrected chi connectivity index (χ3v) is 5.62. The maximum absolute atomic E-state index is 12.0. The second kappa shape index (κ2) is 7.94. The Balaban J connectivity index is 1.47. The highest BCUT2D eigenvalue weighted by molar-refractivity contribution is 7.88. The van der Waals surface area contributed by atoms with Gasteiger partial charge in [0.05, 0.1) is 21.0 Å². The van der Waals surface area contributed by atoms with Crippen LogP contribution < -0.4 is 10.5 Å². The molecule has 0 unspecified atom stereocenters. The highest BCUT2D eigenvalue weighted by Crippen LogP contribution is 2.22. The number of primary sulfonamides is 1. The highest BCUT2D eigenvalue weighted by Gasteiger charge is 2.08. The molecule has 2 aromatic carbocycles. The van der Waals surface area contributed by atoms with E-state index in [0.29, 0.717) is 24.9 Å². The van der Waals surface area contributed by atoms with Gasteiger partial charge in [0.15, 0.2) is 0 Å². The number of benzene rings is 2. The van der Waals surface area contributed by atoms with Gasteiger partial charge in [0.25, 0.3) is 0 Å². The van der Waals surface area contributed by atoms with Crippen LogP contribution in [-0.4, -0.2) is 19.3 Å². The molecular weight excluding hydrogens is 370 g/mol. The fourth-order valence-electron chi connectivity index (χ4n) is 2.52. The molecular formula is C18H19N3O3S2. The molecule has 6 nitrogen and oxygen atoms in total. The first-order valence-electron chi connectivity index (χ1n) is 8.08. The van der Waals surface area contributed by atoms with Crippen molar-refractivity contribution in [2.45, 2.75) is 25.1 Å². The van der Waals surface area contributed by atoms with Gasteiger partial charge >= 0.3 is 0 Å². The molecule has 0 saturated heterocycles. The normalized spacial score (nSPS) is 11.6. The first-order valence-corrected chi connectivity index (χ1v) is 10.6. The number of fused-ring (bicyclic) bond motifs is 1. The number of sulfonamides is 1. The van der Waals surface area contributed by atoms with E-state index in [1.165, 1.54) is 0 Å². The number of nitrogens with zero attached hydrogens (tertiary/aromatic N) is 1. The van der Waals surface area contributed by atoms with Gasteiger partial charge in [0, 0.05) is 19.4 Å². The lowest BCUT2D eigenvalue weighted by molar-refractivity contribution is -0.121. The van der Waals surface area contributed by atoms with Crippen molar-refractivity contribution in [1.82, 2.24) is 10.3 Å². The van der Waals surface area contributed by atoms with Gasteiger partial charge in [-0.2, -0.15) is 0 Å². The van der Waals surface area contributed by atoms with Gasteiger partial charge in [-0.3, -0.25) is 4.79 Å². The number of nitrogens with two attached hydrogens (primary N) is 1. The van der Waals surface area contributed by atoms with Crippen molar-refractivity contribution in [3.8, 4) is 0 Å². The van der Waals surface area contributed by atoms with Gasteiger partial charge in [0.1, 0.15) is 0 Å². The second-order valence-electron chi connectivity index (χ2n) is 5.98. The summed E-state index contributed by atoms with van der Waals surface area (Å²) in [5.74, 6) is -0.236. The Kier molecular flexibility index (Phi) is 5.65. The minimum atomic E-state index is -3.53. The number of para-hydroxylation sites is 1. The lowest BCUT2D eigenvalue weighted by atomic mass is 10.1. The van der Waals surface area contributed by atoms with Crippen LogP contribution in [0.2, 0.25) is 0 Å². The van der Waals surface area contributed by atoms with E-state index in [0.717, 1.165) is 20.8 Å². The molecule has 0 saturated carbocycles. The van der Waals surface area contributed by atoms with Crippen molar-refractivity contribution in [3.63, 3.8) is 0 Å². The molecule has 26 heavy (non-hydrogen) atoms. The third kappa shape index (κ3) is 5.35. The molecule has 1 heterocycles. The molecule has 0 aliphatic carbocycles. The Hall–Kier alpha value is -2.29. The average Bonchev–Trinajstić information content (AvgIpc) is 3.01. The number of hydrogen-bond acceptors (Lipinski definition) is 5. The van der Waals surface area contributed by atoms with Crippen LogP contribution in [0.25, 0.3) is 10.2 Å². The molecule has 0 bridgehead atoms. The topological polar surface area (TPSA) is 102 Å². The predicted molar refractivity (Wildman–Crippen MR) is 103 cm³/mol. The zero-order valence-electron chi connectivity index (χ0n) is 14.0. The zero-order chi connectivity index (χ0) is 18.6. The largest absolute Gasteiger partial charge is 0.352 e. The van der Waals surface area contributed by atoms with Crippen molar-refractivity contribution < 1.29 is 13.2 Å². The van der Waals surface area contributed by atoms with Crippen LogP contribution in [-0.2, 0) is 33.5 Å². The first kappa shape index (κ1) is 18.5. The Morgan fingerprint density at radius 1 is 1.08 bits per heavy atom. The minimum Gasteiger partial charge on any atom is -0.352 e. The van der Waals surface area contributed by atoms with E-state index in [-0.39, 0.29) is 11.7 Å². The van der Waals surface area contributed by atoms with Crippen LogP contribution in [0, 0.1) is 0 Å². The summed E-state index contributed by atoms with van der Waals surface area (Å²) in [7, 11) is -3.53. The van der Waals surface area contributed by atoms with E-state index in [2.05, 4.69) is 10.3 Å². The number of carbonyl (C=O) groups excluding carboxylic acids is 1. The molecule has 0 atom stereocenters. The summed E-state index contributed by atoms with van der Waals surface area (Å²) in [5, 5.41) is 8.84. The number of aromatic nitrogens is 1. The molecule has 3 rings (SSSR count). The van der Waals surface area contributed by atoms with E-state index in [1.54, 1.807) is 35.6 Å². The summed E-state index contributed by atoms with van der Waals surface area (Å²) in [6, 6.07) is 14.9. The van der Waals surface area contributed by atoms with Crippen LogP contribution in [0.1, 0.15) is 22.6 Å². The fourth-order valence-corrected chi connectivity index (χ4v) is 4.15. The maximum Gasteiger partial charge on any atom is 0.220 e. The molecule has 0 fully saturated rings. The summed E-state index contributed by atoms with van der Waals surface area (Å²) >= 11 is 1.61. The van der Waals surface area contributed by atoms with E-state index >= 15 is 0 Å². The van der Waals surface area contributed by atoms with Gasteiger partial charge in [-0.25, -0.2) is 18.5 Å². The van der Waals surface area contributed by atoms with Crippen LogP contribution in [0.15, 0.2) is 48.5 Å². The van der Waals surface area contributed by atoms with Crippen LogP contribution in [0.3, 0.4) is 0 Å². The molecule has 3 N–H and O–H groups in total. The van der Waals surface area contributed by atoms with Gasteiger partial charge in [-0.15, -0.1) is 11.3 Å². The van der Waals surface area contributed by atoms with Crippen LogP contribution in [0.4, 0.5) is 0 Å². The van der Waals surface area contributed by atoms with E-state index in [9.17, 15) is 13.2 Å². The summed E-state index contributed by atoms with van der Waals surface area (Å²) in [4.78, 5) is 16.6. The highest BCUT2D eigenvalue weighted by atomic mass is 32.2. The average molecular weight is 390 g/mol. The molecule has 0 spiro atoms. The molecule has 1 aromatic heterocycles. The number of nitrogens with one attached hydrogen (secondary N) is 1. The van der Waals surface area contributed by atoms with Gasteiger partial charge < -0.3 is 5.32 Å². The summed E-state index contributed by atoms with van der Waals surface area (Å²) in [6.45, 7) is 0.397. The van der Waals surface area contributed by atoms with Crippen LogP contribution in [0.5, 0.6) is 0 Å². The van der Waals surface area contributed by atoms with Gasteiger partial charge in [-0.05, 0) is 23.3 Å². The van der Waals surface area contributed by atoms with Crippen molar-refractivity contribution in [3.05, 3.63) is 64.7 Å². The number of rotatable bonds is 7. The van der Waals surface area contributed by atoms with Gasteiger partial charge in [-0.1, -0.05) is 36.4 Å². The third-order valence-electron chi connectivity index (χ3n) is 3.78. The summed E-state index contributed by atoms with van der Waals surface area (Å²) in [5.41, 5.74) is 2.49. The van der Waals surface area contributed by atoms with E-state index in [4.69, 9.17) is 5.14 Å². The van der Waals surface area contributed by atoms with E-state index < -0.39 is 10.0 Å². The predicted octanol–water partition coefficient (Wildman–Crippen LogP) is 2.33. The van der Waals surface area contributed by atoms with E-state index in [1.807, 2.05) is 24.3 Å². The summed E-state index contributed by atoms with van der Waals surface area (Å²) in [6.07, 6.45) is 0.988. The molecule has 3 aromatic rings. The first-order chi connectivity index (χ1) is 12.4. The van der Waals surface area contributed by atoms with Crippen molar-refractivity contribution >= 4 is 37.5 Å². The van der Waals surface area contributed by atoms with Crippen molar-refractivity contribution in [2.75, 3.05) is 0 Å². The zero-order valence-corrected chi connectivity index (χ0v) is 15.6. The molecule has 0 aliphatic heterocycles. The number of thiazole rings is 1. The Morgan fingerprint density at radius 3 is 2.46 bits per heavy atom. The molecule has 1 amide bonds. The lowest BCUT2D eigenvalue weighted by Crippen LogP contribution is -2.23. The Bertz CT molecular complexity index is 979. The Labute approximate surface area is 156 Å². The minimum absolute atomic E-state index is 0.0436. The monoisotopic (exact) mass is 389 g/mol. The fraction of sp³-hybridized carbons (Fsp3) is 0.222. The second-order valence-corrected chi connectivity index (χ2v) is 8.71. The van der Waals surface area contributed by atoms with Crippen LogP contribution >= 0.6 is 11.3 Å². The maximum atomic E-state index is 12.0. The molecule has 136 valence electrons. The lowest BCUT2D eigenvalue weighted by Gasteiger charge is -2.06. The van der Waals surface area contributed by atoms with Gasteiger partial charge in [0.2, 0.25) is 15.9 Å². The SMILES string of the molecule is NS(=O)(=O)Cc1ccc(CNC(=O)CCc2nc3ccccc3s2)cc1. The smallest absolute Gasteiger partial charge is 0.220 e. The van der Waals surface area contributed by atoms with Crippen molar-refractivity contribution in [1.29, 1.82) is 0 Å². The molecule has 0 radical (unpaired) electrons. The number of amides is 1. The number of carbonyl (C=O) groups is 1. The number of aryl methyl sites for hydroxylation is 1. The van der Waals surface area contributed by atoms with Crippen molar-refractivity contribution in [2.24, 2.45) is 5.14 Å². The molecule has 0 aliphatic rings. The standard InChI is InChI=1S/C18H19N3O3S2/c19-26(23,24)12-14-7-5-13(6-8-14)11-20-17(22)9-10-18-21-15-3-1-2-4-16(15)25-18/h1-8H,9-12H2,(H,20,22)(H2,19,23,24).